The van der Waals surface area contributed by atoms with Crippen molar-refractivity contribution in [3.63, 3.8) is 0 Å². The number of amides is 1. The Morgan fingerprint density at radius 1 is 1.25 bits per heavy atom. The maximum Gasteiger partial charge on any atom is 0.223 e. The van der Waals surface area contributed by atoms with Crippen LogP contribution in [0.1, 0.15) is 64.2 Å². The molecule has 1 spiro atoms. The third-order valence-corrected chi connectivity index (χ3v) is 6.62. The number of piperidine rings is 1. The van der Waals surface area contributed by atoms with Crippen molar-refractivity contribution in [3.8, 4) is 0 Å². The Morgan fingerprint density at radius 2 is 2.10 bits per heavy atom. The van der Waals surface area contributed by atoms with E-state index in [1.807, 2.05) is 0 Å². The molecule has 0 aromatic heterocycles. The van der Waals surface area contributed by atoms with Gasteiger partial charge in [0.1, 0.15) is 5.78 Å². The van der Waals surface area contributed by atoms with Gasteiger partial charge in [-0.15, -0.1) is 0 Å². The van der Waals surface area contributed by atoms with Crippen molar-refractivity contribution in [1.82, 2.24) is 4.90 Å². The second-order valence-electron chi connectivity index (χ2n) is 7.73. The predicted octanol–water partition coefficient (Wildman–Crippen LogP) is 2.93. The first-order valence-electron chi connectivity index (χ1n) is 8.48. The first-order valence-corrected chi connectivity index (χ1v) is 8.48. The second kappa shape index (κ2) is 4.57. The van der Waals surface area contributed by atoms with E-state index in [2.05, 4.69) is 4.90 Å². The monoisotopic (exact) mass is 275 g/mol. The van der Waals surface area contributed by atoms with Gasteiger partial charge in [0.05, 0.1) is 0 Å². The van der Waals surface area contributed by atoms with Gasteiger partial charge in [0.25, 0.3) is 0 Å². The molecule has 1 aliphatic heterocycles. The van der Waals surface area contributed by atoms with Crippen LogP contribution in [0.15, 0.2) is 0 Å². The van der Waals surface area contributed by atoms with E-state index < -0.39 is 0 Å². The Bertz CT molecular complexity index is 440. The fourth-order valence-electron chi connectivity index (χ4n) is 5.41. The zero-order valence-electron chi connectivity index (χ0n) is 12.3. The first-order chi connectivity index (χ1) is 9.66. The zero-order valence-corrected chi connectivity index (χ0v) is 12.3. The number of carbonyl (C=O) groups excluding carboxylic acids is 2. The minimum atomic E-state index is -0.0516. The van der Waals surface area contributed by atoms with Crippen molar-refractivity contribution in [1.29, 1.82) is 0 Å². The Labute approximate surface area is 121 Å². The molecular formula is C17H25NO2. The smallest absolute Gasteiger partial charge is 0.223 e. The zero-order chi connectivity index (χ0) is 13.7. The third-order valence-electron chi connectivity index (χ3n) is 6.62. The average Bonchev–Trinajstić information content (AvgIpc) is 2.98. The van der Waals surface area contributed by atoms with Crippen LogP contribution in [0, 0.1) is 17.8 Å². The predicted molar refractivity (Wildman–Crippen MR) is 76.1 cm³/mol. The van der Waals surface area contributed by atoms with Crippen LogP contribution in [-0.4, -0.2) is 28.7 Å². The maximum atomic E-state index is 12.8. The molecule has 0 aromatic carbocycles. The summed E-state index contributed by atoms with van der Waals surface area (Å²) in [7, 11) is 0. The maximum absolute atomic E-state index is 12.8. The molecule has 3 unspecified atom stereocenters. The molecule has 3 heteroatoms. The lowest BCUT2D eigenvalue weighted by Gasteiger charge is -2.53. The Kier molecular flexibility index (Phi) is 2.94. The molecule has 0 radical (unpaired) electrons. The number of ketones is 1. The molecule has 4 aliphatic rings. The molecule has 1 heterocycles. The van der Waals surface area contributed by atoms with Crippen LogP contribution in [0.3, 0.4) is 0 Å². The van der Waals surface area contributed by atoms with Crippen LogP contribution < -0.4 is 0 Å². The van der Waals surface area contributed by atoms with Crippen molar-refractivity contribution in [2.75, 3.05) is 6.54 Å². The molecule has 3 nitrogen and oxygen atoms in total. The molecule has 110 valence electrons. The summed E-state index contributed by atoms with van der Waals surface area (Å²) >= 11 is 0. The molecule has 4 fully saturated rings. The molecule has 4 rings (SSSR count). The standard InChI is InChI=1S/C17H25NO2/c19-15-4-7-18(17(11-15)5-1-6-17)16(20)10-14-9-12-2-3-13(14)8-12/h12-14H,1-11H2. The summed E-state index contributed by atoms with van der Waals surface area (Å²) in [6.45, 7) is 0.693. The van der Waals surface area contributed by atoms with Crippen LogP contribution in [-0.2, 0) is 9.59 Å². The summed E-state index contributed by atoms with van der Waals surface area (Å²) in [6.07, 6.45) is 10.7. The molecule has 0 N–H and O–H groups in total. The van der Waals surface area contributed by atoms with Gasteiger partial charge in [-0.2, -0.15) is 0 Å². The molecule has 20 heavy (non-hydrogen) atoms. The normalized spacial score (nSPS) is 38.3. The molecule has 1 amide bonds. The van der Waals surface area contributed by atoms with Gasteiger partial charge in [0.15, 0.2) is 0 Å². The number of carbonyl (C=O) groups is 2. The van der Waals surface area contributed by atoms with E-state index >= 15 is 0 Å². The van der Waals surface area contributed by atoms with E-state index in [0.29, 0.717) is 37.0 Å². The van der Waals surface area contributed by atoms with Gasteiger partial charge in [-0.1, -0.05) is 6.42 Å². The van der Waals surface area contributed by atoms with Crippen molar-refractivity contribution >= 4 is 11.7 Å². The van der Waals surface area contributed by atoms with E-state index in [1.54, 1.807) is 0 Å². The van der Waals surface area contributed by atoms with Gasteiger partial charge >= 0.3 is 0 Å². The highest BCUT2D eigenvalue weighted by Gasteiger charge is 2.49. The van der Waals surface area contributed by atoms with E-state index in [-0.39, 0.29) is 5.54 Å². The van der Waals surface area contributed by atoms with Crippen molar-refractivity contribution in [3.05, 3.63) is 0 Å². The van der Waals surface area contributed by atoms with E-state index in [9.17, 15) is 9.59 Å². The van der Waals surface area contributed by atoms with Gasteiger partial charge in [0.2, 0.25) is 5.91 Å². The van der Waals surface area contributed by atoms with Crippen LogP contribution >= 0.6 is 0 Å². The van der Waals surface area contributed by atoms with Crippen LogP contribution in [0.4, 0.5) is 0 Å². The minimum Gasteiger partial charge on any atom is -0.336 e. The molecule has 3 saturated carbocycles. The van der Waals surface area contributed by atoms with Gasteiger partial charge in [-0.25, -0.2) is 0 Å². The van der Waals surface area contributed by atoms with E-state index in [4.69, 9.17) is 0 Å². The SMILES string of the molecule is O=C1CCN(C(=O)CC2CC3CCC2C3)C2(CCC2)C1. The van der Waals surface area contributed by atoms with Gasteiger partial charge in [0, 0.05) is 31.3 Å². The molecule has 1 saturated heterocycles. The van der Waals surface area contributed by atoms with Crippen molar-refractivity contribution in [2.45, 2.75) is 69.7 Å². The number of nitrogens with zero attached hydrogens (tertiary/aromatic N) is 1. The summed E-state index contributed by atoms with van der Waals surface area (Å²) in [5.74, 6) is 3.12. The van der Waals surface area contributed by atoms with Gasteiger partial charge in [-0.3, -0.25) is 9.59 Å². The molecule has 2 bridgehead atoms. The summed E-state index contributed by atoms with van der Waals surface area (Å²) in [6, 6.07) is 0. The summed E-state index contributed by atoms with van der Waals surface area (Å²) in [4.78, 5) is 26.6. The van der Waals surface area contributed by atoms with Crippen molar-refractivity contribution in [2.24, 2.45) is 17.8 Å². The van der Waals surface area contributed by atoms with Gasteiger partial charge < -0.3 is 4.90 Å². The Hall–Kier alpha value is -0.860. The van der Waals surface area contributed by atoms with E-state index in [1.165, 1.54) is 32.1 Å². The third kappa shape index (κ3) is 1.93. The largest absolute Gasteiger partial charge is 0.336 e. The molecule has 3 aliphatic carbocycles. The fourth-order valence-corrected chi connectivity index (χ4v) is 5.41. The number of hydrogen-bond acceptors (Lipinski definition) is 2. The highest BCUT2D eigenvalue weighted by atomic mass is 16.2. The number of likely N-dealkylation sites (tertiary alicyclic amines) is 1. The fraction of sp³-hybridized carbons (Fsp3) is 0.882. The van der Waals surface area contributed by atoms with E-state index in [0.717, 1.165) is 31.1 Å². The number of Topliss-reactive ketones (excluding diaryl/α,β-unsaturated/α-hetero) is 1. The summed E-state index contributed by atoms with van der Waals surface area (Å²) < 4.78 is 0. The lowest BCUT2D eigenvalue weighted by Crippen LogP contribution is -2.60. The van der Waals surface area contributed by atoms with Crippen molar-refractivity contribution < 1.29 is 9.59 Å². The van der Waals surface area contributed by atoms with Crippen LogP contribution in [0.2, 0.25) is 0 Å². The second-order valence-corrected chi connectivity index (χ2v) is 7.73. The topological polar surface area (TPSA) is 37.4 Å². The van der Waals surface area contributed by atoms with Crippen LogP contribution in [0.5, 0.6) is 0 Å². The molecule has 3 atom stereocenters. The summed E-state index contributed by atoms with van der Waals surface area (Å²) in [5, 5.41) is 0. The van der Waals surface area contributed by atoms with Crippen LogP contribution in [0.25, 0.3) is 0 Å². The average molecular weight is 275 g/mol. The number of fused-ring (bicyclic) bond motifs is 2. The van der Waals surface area contributed by atoms with Gasteiger partial charge in [-0.05, 0) is 56.3 Å². The molecular weight excluding hydrogens is 250 g/mol. The number of rotatable bonds is 2. The number of hydrogen-bond donors (Lipinski definition) is 0. The quantitative estimate of drug-likeness (QED) is 0.777. The Balaban J connectivity index is 1.43. The molecule has 0 aromatic rings. The first kappa shape index (κ1) is 12.8. The Morgan fingerprint density at radius 3 is 2.70 bits per heavy atom. The summed E-state index contributed by atoms with van der Waals surface area (Å²) in [5.41, 5.74) is -0.0516. The lowest BCUT2D eigenvalue weighted by molar-refractivity contribution is -0.150. The highest BCUT2D eigenvalue weighted by Crippen LogP contribution is 2.50. The highest BCUT2D eigenvalue weighted by molar-refractivity contribution is 5.85. The minimum absolute atomic E-state index is 0.0516. The lowest BCUT2D eigenvalue weighted by atomic mass is 9.69.